The largest absolute Gasteiger partial charge is 0.481 e. The van der Waals surface area contributed by atoms with Crippen molar-refractivity contribution in [3.63, 3.8) is 0 Å². The van der Waals surface area contributed by atoms with Gasteiger partial charge in [0.1, 0.15) is 0 Å². The molecule has 1 aliphatic heterocycles. The van der Waals surface area contributed by atoms with Crippen molar-refractivity contribution >= 4 is 11.9 Å². The maximum absolute atomic E-state index is 11.8. The van der Waals surface area contributed by atoms with Crippen molar-refractivity contribution in [2.45, 2.75) is 31.7 Å². The highest BCUT2D eigenvalue weighted by Gasteiger charge is 2.35. The molecule has 2 fully saturated rings. The first-order valence-electron chi connectivity index (χ1n) is 5.76. The van der Waals surface area contributed by atoms with Crippen molar-refractivity contribution in [2.75, 3.05) is 13.2 Å². The molecule has 2 unspecified atom stereocenters. The molecule has 90 valence electrons. The van der Waals surface area contributed by atoms with Crippen molar-refractivity contribution in [2.24, 2.45) is 11.8 Å². The van der Waals surface area contributed by atoms with Gasteiger partial charge in [0.25, 0.3) is 0 Å². The summed E-state index contributed by atoms with van der Waals surface area (Å²) in [5, 5.41) is 11.6. The zero-order valence-corrected chi connectivity index (χ0v) is 9.15. The Kier molecular flexibility index (Phi) is 3.43. The molecule has 2 aliphatic rings. The summed E-state index contributed by atoms with van der Waals surface area (Å²) < 4.78 is 5.14. The second-order valence-electron chi connectivity index (χ2n) is 4.61. The predicted octanol–water partition coefficient (Wildman–Crippen LogP) is 0.392. The average Bonchev–Trinajstić information content (AvgIpc) is 2.91. The molecule has 1 saturated heterocycles. The number of aliphatic carboxylic acids is 1. The van der Waals surface area contributed by atoms with Gasteiger partial charge in [0.05, 0.1) is 18.9 Å². The van der Waals surface area contributed by atoms with Crippen LogP contribution >= 0.6 is 0 Å². The SMILES string of the molecule is O=C(O)CC(NC(=O)C1CCOC1)C1CC1. The number of rotatable bonds is 5. The van der Waals surface area contributed by atoms with Gasteiger partial charge in [-0.25, -0.2) is 0 Å². The molecule has 2 atom stereocenters. The van der Waals surface area contributed by atoms with E-state index in [2.05, 4.69) is 5.32 Å². The fourth-order valence-corrected chi connectivity index (χ4v) is 2.06. The summed E-state index contributed by atoms with van der Waals surface area (Å²) in [6, 6.07) is -0.189. The lowest BCUT2D eigenvalue weighted by molar-refractivity contribution is -0.138. The summed E-state index contributed by atoms with van der Waals surface area (Å²) in [5.41, 5.74) is 0. The number of nitrogens with one attached hydrogen (secondary N) is 1. The standard InChI is InChI=1S/C11H17NO4/c13-10(14)5-9(7-1-2-7)12-11(15)8-3-4-16-6-8/h7-9H,1-6H2,(H,12,15)(H,13,14). The van der Waals surface area contributed by atoms with Gasteiger partial charge in [-0.1, -0.05) is 0 Å². The van der Waals surface area contributed by atoms with Crippen LogP contribution in [-0.4, -0.2) is 36.2 Å². The Morgan fingerprint density at radius 3 is 2.62 bits per heavy atom. The molecular formula is C11H17NO4. The molecule has 0 aromatic rings. The number of carbonyl (C=O) groups is 2. The number of carboxylic acid groups (broad SMARTS) is 1. The molecule has 1 aliphatic carbocycles. The summed E-state index contributed by atoms with van der Waals surface area (Å²) in [7, 11) is 0. The summed E-state index contributed by atoms with van der Waals surface area (Å²) in [5.74, 6) is -0.618. The summed E-state index contributed by atoms with van der Waals surface area (Å²) in [6.07, 6.45) is 2.83. The molecule has 0 radical (unpaired) electrons. The monoisotopic (exact) mass is 227 g/mol. The number of hydrogen-bond acceptors (Lipinski definition) is 3. The number of carboxylic acids is 1. The van der Waals surface area contributed by atoms with E-state index in [4.69, 9.17) is 9.84 Å². The Bertz CT molecular complexity index is 282. The number of carbonyl (C=O) groups excluding carboxylic acids is 1. The average molecular weight is 227 g/mol. The molecule has 0 aromatic carbocycles. The Hall–Kier alpha value is -1.10. The lowest BCUT2D eigenvalue weighted by Crippen LogP contribution is -2.41. The lowest BCUT2D eigenvalue weighted by atomic mass is 10.0. The smallest absolute Gasteiger partial charge is 0.305 e. The summed E-state index contributed by atoms with van der Waals surface area (Å²) >= 11 is 0. The van der Waals surface area contributed by atoms with Gasteiger partial charge >= 0.3 is 5.97 Å². The third kappa shape index (κ3) is 2.95. The maximum Gasteiger partial charge on any atom is 0.305 e. The van der Waals surface area contributed by atoms with E-state index in [1.165, 1.54) is 0 Å². The third-order valence-electron chi connectivity index (χ3n) is 3.21. The fraction of sp³-hybridized carbons (Fsp3) is 0.818. The van der Waals surface area contributed by atoms with Gasteiger partial charge < -0.3 is 15.2 Å². The number of ether oxygens (including phenoxy) is 1. The van der Waals surface area contributed by atoms with Crippen LogP contribution in [0, 0.1) is 11.8 Å². The van der Waals surface area contributed by atoms with Gasteiger partial charge in [-0.2, -0.15) is 0 Å². The van der Waals surface area contributed by atoms with Gasteiger partial charge in [-0.3, -0.25) is 9.59 Å². The molecule has 1 amide bonds. The van der Waals surface area contributed by atoms with Gasteiger partial charge in [0, 0.05) is 12.6 Å². The summed E-state index contributed by atoms with van der Waals surface area (Å²) in [6.45, 7) is 1.10. The van der Waals surface area contributed by atoms with Crippen LogP contribution in [0.3, 0.4) is 0 Å². The molecule has 2 N–H and O–H groups in total. The van der Waals surface area contributed by atoms with Crippen LogP contribution in [-0.2, 0) is 14.3 Å². The van der Waals surface area contributed by atoms with Gasteiger partial charge in [-0.05, 0) is 25.2 Å². The molecule has 0 aromatic heterocycles. The lowest BCUT2D eigenvalue weighted by Gasteiger charge is -2.18. The molecule has 0 spiro atoms. The van der Waals surface area contributed by atoms with Gasteiger partial charge in [0.15, 0.2) is 0 Å². The minimum Gasteiger partial charge on any atom is -0.481 e. The van der Waals surface area contributed by atoms with E-state index in [0.717, 1.165) is 19.3 Å². The van der Waals surface area contributed by atoms with Gasteiger partial charge in [0.2, 0.25) is 5.91 Å². The van der Waals surface area contributed by atoms with E-state index in [9.17, 15) is 9.59 Å². The third-order valence-corrected chi connectivity index (χ3v) is 3.21. The summed E-state index contributed by atoms with van der Waals surface area (Å²) in [4.78, 5) is 22.5. The van der Waals surface area contributed by atoms with Crippen molar-refractivity contribution in [3.8, 4) is 0 Å². The zero-order chi connectivity index (χ0) is 11.5. The van der Waals surface area contributed by atoms with Crippen LogP contribution in [0.2, 0.25) is 0 Å². The van der Waals surface area contributed by atoms with E-state index in [0.29, 0.717) is 19.1 Å². The van der Waals surface area contributed by atoms with Crippen LogP contribution in [0.4, 0.5) is 0 Å². The second-order valence-corrected chi connectivity index (χ2v) is 4.61. The quantitative estimate of drug-likeness (QED) is 0.712. The minimum absolute atomic E-state index is 0.0317. The van der Waals surface area contributed by atoms with E-state index in [1.807, 2.05) is 0 Å². The molecule has 1 heterocycles. The Labute approximate surface area is 94.2 Å². The molecule has 16 heavy (non-hydrogen) atoms. The topological polar surface area (TPSA) is 75.6 Å². The molecule has 1 saturated carbocycles. The van der Waals surface area contributed by atoms with Crippen molar-refractivity contribution in [1.29, 1.82) is 0 Å². The van der Waals surface area contributed by atoms with Crippen LogP contribution in [0.25, 0.3) is 0 Å². The molecule has 0 bridgehead atoms. The molecule has 5 heteroatoms. The maximum atomic E-state index is 11.8. The predicted molar refractivity (Wildman–Crippen MR) is 55.8 cm³/mol. The van der Waals surface area contributed by atoms with Gasteiger partial charge in [-0.15, -0.1) is 0 Å². The Balaban J connectivity index is 1.84. The first kappa shape index (κ1) is 11.4. The normalized spacial score (nSPS) is 26.4. The molecule has 5 nitrogen and oxygen atoms in total. The zero-order valence-electron chi connectivity index (χ0n) is 9.15. The number of hydrogen-bond donors (Lipinski definition) is 2. The van der Waals surface area contributed by atoms with E-state index in [-0.39, 0.29) is 24.3 Å². The number of amides is 1. The first-order valence-corrected chi connectivity index (χ1v) is 5.76. The fourth-order valence-electron chi connectivity index (χ4n) is 2.06. The van der Waals surface area contributed by atoms with Crippen LogP contribution in [0.1, 0.15) is 25.7 Å². The van der Waals surface area contributed by atoms with Crippen LogP contribution < -0.4 is 5.32 Å². The highest BCUT2D eigenvalue weighted by molar-refractivity contribution is 5.80. The molecule has 2 rings (SSSR count). The molecular weight excluding hydrogens is 210 g/mol. The van der Waals surface area contributed by atoms with Crippen molar-refractivity contribution in [3.05, 3.63) is 0 Å². The van der Waals surface area contributed by atoms with Crippen molar-refractivity contribution in [1.82, 2.24) is 5.32 Å². The van der Waals surface area contributed by atoms with E-state index in [1.54, 1.807) is 0 Å². The van der Waals surface area contributed by atoms with E-state index < -0.39 is 5.97 Å². The highest BCUT2D eigenvalue weighted by Crippen LogP contribution is 2.34. The first-order chi connectivity index (χ1) is 7.66. The highest BCUT2D eigenvalue weighted by atomic mass is 16.5. The van der Waals surface area contributed by atoms with E-state index >= 15 is 0 Å². The minimum atomic E-state index is -0.847. The Morgan fingerprint density at radius 1 is 1.38 bits per heavy atom. The second kappa shape index (κ2) is 4.82. The van der Waals surface area contributed by atoms with Crippen LogP contribution in [0.15, 0.2) is 0 Å². The van der Waals surface area contributed by atoms with Crippen molar-refractivity contribution < 1.29 is 19.4 Å². The Morgan fingerprint density at radius 2 is 2.12 bits per heavy atom. The van der Waals surface area contributed by atoms with Crippen LogP contribution in [0.5, 0.6) is 0 Å².